The summed E-state index contributed by atoms with van der Waals surface area (Å²) in [5, 5.41) is 4.16. The van der Waals surface area contributed by atoms with Gasteiger partial charge in [0.15, 0.2) is 11.5 Å². The van der Waals surface area contributed by atoms with Crippen LogP contribution in [-0.2, 0) is 13.2 Å². The summed E-state index contributed by atoms with van der Waals surface area (Å²) in [5.41, 5.74) is 1.60. The number of hydrogen-bond acceptors (Lipinski definition) is 3. The van der Waals surface area contributed by atoms with Crippen LogP contribution in [0.1, 0.15) is 52.2 Å². The van der Waals surface area contributed by atoms with Gasteiger partial charge < -0.3 is 14.8 Å². The molecule has 3 nitrogen and oxygen atoms in total. The third kappa shape index (κ3) is 6.68. The van der Waals surface area contributed by atoms with Crippen molar-refractivity contribution in [2.45, 2.75) is 59.7 Å². The molecule has 2 aromatic rings. The second-order valence-electron chi connectivity index (χ2n) is 8.95. The van der Waals surface area contributed by atoms with Gasteiger partial charge in [0.1, 0.15) is 12.4 Å². The maximum absolute atomic E-state index is 13.8. The average Bonchev–Trinajstić information content (AvgIpc) is 2.58. The Balaban J connectivity index is 2.11. The van der Waals surface area contributed by atoms with Gasteiger partial charge in [-0.15, -0.1) is 0 Å². The molecule has 0 fully saturated rings. The fourth-order valence-electron chi connectivity index (χ4n) is 3.48. The van der Waals surface area contributed by atoms with Gasteiger partial charge in [-0.05, 0) is 43.4 Å². The molecule has 0 unspecified atom stereocenters. The van der Waals surface area contributed by atoms with Crippen LogP contribution in [0.4, 0.5) is 4.39 Å². The predicted octanol–water partition coefficient (Wildman–Crippen LogP) is 6.37. The second-order valence-corrected chi connectivity index (χ2v) is 9.36. The third-order valence-electron chi connectivity index (χ3n) is 4.40. The number of rotatable bonds is 8. The normalized spacial score (nSPS) is 12.1. The standard InChI is InChI=1S/C23H31ClFNO2/c1-22(2,3)15-23(4,5)26-13-17-11-20(27-6)21(12-18(17)24)28-14-16-9-7-8-10-19(16)25/h7-12,26H,13-15H2,1-6H3. The molecule has 0 bridgehead atoms. The molecule has 0 aliphatic carbocycles. The van der Waals surface area contributed by atoms with Crippen molar-refractivity contribution in [3.63, 3.8) is 0 Å². The van der Waals surface area contributed by atoms with Gasteiger partial charge in [0.2, 0.25) is 0 Å². The monoisotopic (exact) mass is 407 g/mol. The lowest BCUT2D eigenvalue weighted by Crippen LogP contribution is -2.41. The van der Waals surface area contributed by atoms with E-state index in [1.54, 1.807) is 31.4 Å². The zero-order chi connectivity index (χ0) is 20.9. The van der Waals surface area contributed by atoms with Gasteiger partial charge in [0.25, 0.3) is 0 Å². The molecule has 0 aliphatic rings. The molecule has 2 aromatic carbocycles. The molecular weight excluding hydrogens is 377 g/mol. The molecule has 0 aromatic heterocycles. The number of ether oxygens (including phenoxy) is 2. The number of benzene rings is 2. The molecule has 2 rings (SSSR count). The lowest BCUT2D eigenvalue weighted by Gasteiger charge is -2.33. The maximum atomic E-state index is 13.8. The van der Waals surface area contributed by atoms with Crippen LogP contribution in [0, 0.1) is 11.2 Å². The minimum Gasteiger partial charge on any atom is -0.493 e. The second kappa shape index (κ2) is 9.15. The maximum Gasteiger partial charge on any atom is 0.163 e. The van der Waals surface area contributed by atoms with Crippen LogP contribution in [0.25, 0.3) is 0 Å². The van der Waals surface area contributed by atoms with Crippen molar-refractivity contribution in [2.24, 2.45) is 5.41 Å². The molecule has 0 aliphatic heterocycles. The van der Waals surface area contributed by atoms with Gasteiger partial charge in [-0.2, -0.15) is 0 Å². The average molecular weight is 408 g/mol. The smallest absolute Gasteiger partial charge is 0.163 e. The third-order valence-corrected chi connectivity index (χ3v) is 4.76. The van der Waals surface area contributed by atoms with Gasteiger partial charge in [-0.1, -0.05) is 50.6 Å². The summed E-state index contributed by atoms with van der Waals surface area (Å²) in [7, 11) is 1.58. The van der Waals surface area contributed by atoms with Crippen molar-refractivity contribution in [3.8, 4) is 11.5 Å². The van der Waals surface area contributed by atoms with Gasteiger partial charge >= 0.3 is 0 Å². The Hall–Kier alpha value is -1.78. The molecule has 0 heterocycles. The van der Waals surface area contributed by atoms with Gasteiger partial charge in [0.05, 0.1) is 7.11 Å². The summed E-state index contributed by atoms with van der Waals surface area (Å²) in [6, 6.07) is 10.1. The summed E-state index contributed by atoms with van der Waals surface area (Å²) in [6.07, 6.45) is 1.03. The lowest BCUT2D eigenvalue weighted by atomic mass is 9.82. The minimum atomic E-state index is -0.297. The molecule has 1 N–H and O–H groups in total. The first kappa shape index (κ1) is 22.5. The van der Waals surface area contributed by atoms with Crippen molar-refractivity contribution in [3.05, 3.63) is 58.4 Å². The Morgan fingerprint density at radius 2 is 1.68 bits per heavy atom. The SMILES string of the molecule is COc1cc(CNC(C)(C)CC(C)(C)C)c(Cl)cc1OCc1ccccc1F. The number of methoxy groups -OCH3 is 1. The lowest BCUT2D eigenvalue weighted by molar-refractivity contribution is 0.240. The number of halogens is 2. The van der Waals surface area contributed by atoms with E-state index in [4.69, 9.17) is 21.1 Å². The Morgan fingerprint density at radius 1 is 1.00 bits per heavy atom. The highest BCUT2D eigenvalue weighted by molar-refractivity contribution is 6.31. The summed E-state index contributed by atoms with van der Waals surface area (Å²) >= 11 is 6.48. The van der Waals surface area contributed by atoms with E-state index < -0.39 is 0 Å². The molecule has 28 heavy (non-hydrogen) atoms. The van der Waals surface area contributed by atoms with Crippen LogP contribution in [-0.4, -0.2) is 12.6 Å². The number of nitrogens with one attached hydrogen (secondary N) is 1. The summed E-state index contributed by atoms with van der Waals surface area (Å²) in [5.74, 6) is 0.772. The van der Waals surface area contributed by atoms with E-state index in [1.165, 1.54) is 6.07 Å². The van der Waals surface area contributed by atoms with E-state index in [9.17, 15) is 4.39 Å². The van der Waals surface area contributed by atoms with E-state index in [0.717, 1.165) is 12.0 Å². The molecule has 0 amide bonds. The van der Waals surface area contributed by atoms with Crippen LogP contribution < -0.4 is 14.8 Å². The highest BCUT2D eigenvalue weighted by Gasteiger charge is 2.25. The van der Waals surface area contributed by atoms with Crippen LogP contribution in [0.15, 0.2) is 36.4 Å². The van der Waals surface area contributed by atoms with Crippen LogP contribution >= 0.6 is 11.6 Å². The summed E-state index contributed by atoms with van der Waals surface area (Å²) < 4.78 is 25.0. The Bertz CT molecular complexity index is 800. The minimum absolute atomic E-state index is 0.0329. The first-order valence-corrected chi connectivity index (χ1v) is 9.86. The number of hydrogen-bond donors (Lipinski definition) is 1. The topological polar surface area (TPSA) is 30.5 Å². The van der Waals surface area contributed by atoms with E-state index in [2.05, 4.69) is 39.9 Å². The highest BCUT2D eigenvalue weighted by Crippen LogP contribution is 2.35. The molecule has 5 heteroatoms. The van der Waals surface area contributed by atoms with E-state index in [1.807, 2.05) is 6.07 Å². The van der Waals surface area contributed by atoms with Gasteiger partial charge in [-0.3, -0.25) is 0 Å². The molecular formula is C23H31ClFNO2. The fourth-order valence-corrected chi connectivity index (χ4v) is 3.70. The predicted molar refractivity (Wildman–Crippen MR) is 114 cm³/mol. The summed E-state index contributed by atoms with van der Waals surface area (Å²) in [4.78, 5) is 0. The van der Waals surface area contributed by atoms with E-state index >= 15 is 0 Å². The van der Waals surface area contributed by atoms with Crippen molar-refractivity contribution in [2.75, 3.05) is 7.11 Å². The zero-order valence-corrected chi connectivity index (χ0v) is 18.4. The Kier molecular flexibility index (Phi) is 7.35. The van der Waals surface area contributed by atoms with Gasteiger partial charge in [-0.25, -0.2) is 4.39 Å². The van der Waals surface area contributed by atoms with E-state index in [-0.39, 0.29) is 23.4 Å². The van der Waals surface area contributed by atoms with Crippen molar-refractivity contribution < 1.29 is 13.9 Å². The zero-order valence-electron chi connectivity index (χ0n) is 17.7. The fraction of sp³-hybridized carbons (Fsp3) is 0.478. The Labute approximate surface area is 173 Å². The largest absolute Gasteiger partial charge is 0.493 e. The first-order valence-electron chi connectivity index (χ1n) is 9.48. The van der Waals surface area contributed by atoms with Crippen molar-refractivity contribution in [1.82, 2.24) is 5.32 Å². The quantitative estimate of drug-likeness (QED) is 0.551. The molecule has 0 saturated heterocycles. The first-order chi connectivity index (χ1) is 13.0. The van der Waals surface area contributed by atoms with Crippen LogP contribution in [0.3, 0.4) is 0 Å². The van der Waals surface area contributed by atoms with Crippen LogP contribution in [0.2, 0.25) is 5.02 Å². The van der Waals surface area contributed by atoms with E-state index in [0.29, 0.717) is 28.6 Å². The van der Waals surface area contributed by atoms with Crippen molar-refractivity contribution in [1.29, 1.82) is 0 Å². The van der Waals surface area contributed by atoms with Crippen molar-refractivity contribution >= 4 is 11.6 Å². The highest BCUT2D eigenvalue weighted by atomic mass is 35.5. The molecule has 0 radical (unpaired) electrons. The molecule has 0 spiro atoms. The molecule has 0 saturated carbocycles. The van der Waals surface area contributed by atoms with Crippen LogP contribution in [0.5, 0.6) is 11.5 Å². The van der Waals surface area contributed by atoms with Gasteiger partial charge in [0, 0.05) is 28.7 Å². The Morgan fingerprint density at radius 3 is 2.29 bits per heavy atom. The molecule has 0 atom stereocenters. The summed E-state index contributed by atoms with van der Waals surface area (Å²) in [6.45, 7) is 11.8. The molecule has 154 valence electrons.